The lowest BCUT2D eigenvalue weighted by Gasteiger charge is -2.12. The van der Waals surface area contributed by atoms with Gasteiger partial charge in [-0.1, -0.05) is 26.0 Å². The molecule has 0 aromatic heterocycles. The minimum atomic E-state index is -0.271. The van der Waals surface area contributed by atoms with Gasteiger partial charge < -0.3 is 10.1 Å². The van der Waals surface area contributed by atoms with Crippen LogP contribution in [0.4, 0.5) is 4.39 Å². The number of nitrogens with one attached hydrogen (secondary N) is 1. The van der Waals surface area contributed by atoms with Crippen LogP contribution in [0.3, 0.4) is 0 Å². The molecule has 0 amide bonds. The van der Waals surface area contributed by atoms with E-state index in [1.807, 2.05) is 6.07 Å². The van der Waals surface area contributed by atoms with Gasteiger partial charge >= 0.3 is 0 Å². The molecule has 0 atom stereocenters. The van der Waals surface area contributed by atoms with Crippen LogP contribution in [-0.2, 0) is 6.54 Å². The molecule has 0 spiro atoms. The summed E-state index contributed by atoms with van der Waals surface area (Å²) in [4.78, 5) is 0. The number of thioether (sulfide) groups is 1. The van der Waals surface area contributed by atoms with Crippen molar-refractivity contribution >= 4 is 11.8 Å². The Morgan fingerprint density at radius 3 is 2.89 bits per heavy atom. The summed E-state index contributed by atoms with van der Waals surface area (Å²) >= 11 is 1.80. The quantitative estimate of drug-likeness (QED) is 0.695. The summed E-state index contributed by atoms with van der Waals surface area (Å²) in [5, 5.41) is 3.27. The molecule has 2 nitrogen and oxygen atoms in total. The van der Waals surface area contributed by atoms with E-state index in [1.165, 1.54) is 6.07 Å². The van der Waals surface area contributed by atoms with Gasteiger partial charge in [0, 0.05) is 17.9 Å². The van der Waals surface area contributed by atoms with Gasteiger partial charge in [-0.2, -0.15) is 11.8 Å². The third kappa shape index (κ3) is 5.27. The lowest BCUT2D eigenvalue weighted by Crippen LogP contribution is -2.15. The maximum atomic E-state index is 13.7. The first-order valence-electron chi connectivity index (χ1n) is 6.48. The summed E-state index contributed by atoms with van der Waals surface area (Å²) in [6, 6.07) is 5.09. The second-order valence-electron chi connectivity index (χ2n) is 3.95. The molecule has 0 saturated heterocycles. The first-order valence-corrected chi connectivity index (χ1v) is 7.63. The molecule has 1 aromatic rings. The zero-order chi connectivity index (χ0) is 13.2. The van der Waals surface area contributed by atoms with Crippen molar-refractivity contribution in [2.75, 3.05) is 24.7 Å². The molecule has 1 aromatic carbocycles. The molecular formula is C14H22FNOS. The second kappa shape index (κ2) is 9.22. The first kappa shape index (κ1) is 15.3. The van der Waals surface area contributed by atoms with Crippen LogP contribution in [0.1, 0.15) is 25.8 Å². The minimum absolute atomic E-state index is 0.271. The molecule has 18 heavy (non-hydrogen) atoms. The zero-order valence-electron chi connectivity index (χ0n) is 11.2. The van der Waals surface area contributed by atoms with Gasteiger partial charge in [-0.3, -0.25) is 0 Å². The van der Waals surface area contributed by atoms with Gasteiger partial charge in [0.1, 0.15) is 0 Å². The van der Waals surface area contributed by atoms with E-state index in [-0.39, 0.29) is 5.82 Å². The van der Waals surface area contributed by atoms with Crippen LogP contribution < -0.4 is 10.1 Å². The first-order chi connectivity index (χ1) is 8.79. The lowest BCUT2D eigenvalue weighted by atomic mass is 10.2. The number of para-hydroxylation sites is 1. The minimum Gasteiger partial charge on any atom is -0.489 e. The molecule has 1 N–H and O–H groups in total. The molecule has 102 valence electrons. The Kier molecular flexibility index (Phi) is 7.85. The average molecular weight is 271 g/mol. The number of ether oxygens (including phenoxy) is 1. The van der Waals surface area contributed by atoms with Gasteiger partial charge in [0.2, 0.25) is 0 Å². The Morgan fingerprint density at radius 1 is 1.33 bits per heavy atom. The highest BCUT2D eigenvalue weighted by Gasteiger charge is 2.09. The highest BCUT2D eigenvalue weighted by molar-refractivity contribution is 7.99. The molecule has 0 aliphatic heterocycles. The van der Waals surface area contributed by atoms with Crippen LogP contribution >= 0.6 is 11.8 Å². The third-order valence-electron chi connectivity index (χ3n) is 2.47. The summed E-state index contributed by atoms with van der Waals surface area (Å²) in [7, 11) is 0. The van der Waals surface area contributed by atoms with E-state index < -0.39 is 0 Å². The summed E-state index contributed by atoms with van der Waals surface area (Å²) < 4.78 is 19.3. The summed E-state index contributed by atoms with van der Waals surface area (Å²) in [6.07, 6.45) is 1.07. The van der Waals surface area contributed by atoms with Crippen LogP contribution in [0.25, 0.3) is 0 Å². The van der Waals surface area contributed by atoms with E-state index in [0.717, 1.165) is 30.0 Å². The molecule has 1 rings (SSSR count). The van der Waals surface area contributed by atoms with Gasteiger partial charge in [-0.25, -0.2) is 4.39 Å². The molecule has 0 saturated carbocycles. The van der Waals surface area contributed by atoms with E-state index in [2.05, 4.69) is 19.2 Å². The standard InChI is InChI=1S/C14H22FNOS/c1-3-8-16-11-12-6-5-7-13(15)14(12)17-9-10-18-4-2/h5-7,16H,3-4,8-11H2,1-2H3. The van der Waals surface area contributed by atoms with Crippen LogP contribution in [0.15, 0.2) is 18.2 Å². The maximum absolute atomic E-state index is 13.7. The maximum Gasteiger partial charge on any atom is 0.165 e. The normalized spacial score (nSPS) is 10.6. The smallest absolute Gasteiger partial charge is 0.165 e. The number of rotatable bonds is 9. The van der Waals surface area contributed by atoms with Gasteiger partial charge in [0.25, 0.3) is 0 Å². The highest BCUT2D eigenvalue weighted by atomic mass is 32.2. The van der Waals surface area contributed by atoms with Crippen LogP contribution in [0, 0.1) is 5.82 Å². The van der Waals surface area contributed by atoms with Crippen LogP contribution in [0.2, 0.25) is 0 Å². The van der Waals surface area contributed by atoms with Crippen molar-refractivity contribution < 1.29 is 9.13 Å². The highest BCUT2D eigenvalue weighted by Crippen LogP contribution is 2.22. The molecule has 0 aliphatic rings. The zero-order valence-corrected chi connectivity index (χ0v) is 12.0. The fourth-order valence-electron chi connectivity index (χ4n) is 1.60. The fraction of sp³-hybridized carbons (Fsp3) is 0.571. The molecule has 0 bridgehead atoms. The molecule has 0 heterocycles. The molecule has 0 unspecified atom stereocenters. The van der Waals surface area contributed by atoms with Gasteiger partial charge in [-0.05, 0) is 24.8 Å². The van der Waals surface area contributed by atoms with Gasteiger partial charge in [0.15, 0.2) is 11.6 Å². The van der Waals surface area contributed by atoms with Crippen molar-refractivity contribution in [2.24, 2.45) is 0 Å². The van der Waals surface area contributed by atoms with Crippen molar-refractivity contribution in [3.63, 3.8) is 0 Å². The molecule has 0 aliphatic carbocycles. The number of benzene rings is 1. The monoisotopic (exact) mass is 271 g/mol. The second-order valence-corrected chi connectivity index (χ2v) is 5.34. The molecule has 4 heteroatoms. The Bertz CT molecular complexity index is 347. The van der Waals surface area contributed by atoms with Crippen LogP contribution in [-0.4, -0.2) is 24.7 Å². The van der Waals surface area contributed by atoms with Crippen molar-refractivity contribution in [1.82, 2.24) is 5.32 Å². The van der Waals surface area contributed by atoms with Crippen molar-refractivity contribution in [1.29, 1.82) is 0 Å². The number of halogens is 1. The Hall–Kier alpha value is -0.740. The third-order valence-corrected chi connectivity index (χ3v) is 3.33. The summed E-state index contributed by atoms with van der Waals surface area (Å²) in [6.45, 7) is 6.36. The summed E-state index contributed by atoms with van der Waals surface area (Å²) in [5.41, 5.74) is 0.893. The van der Waals surface area contributed by atoms with E-state index in [1.54, 1.807) is 17.8 Å². The Balaban J connectivity index is 2.56. The predicted molar refractivity (Wildman–Crippen MR) is 76.9 cm³/mol. The van der Waals surface area contributed by atoms with Gasteiger partial charge in [0.05, 0.1) is 6.61 Å². The van der Waals surface area contributed by atoms with Crippen molar-refractivity contribution in [2.45, 2.75) is 26.8 Å². The average Bonchev–Trinajstić information content (AvgIpc) is 2.37. The fourth-order valence-corrected chi connectivity index (χ4v) is 2.09. The number of hydrogen-bond donors (Lipinski definition) is 1. The molecule has 0 fully saturated rings. The topological polar surface area (TPSA) is 21.3 Å². The van der Waals surface area contributed by atoms with E-state index >= 15 is 0 Å². The van der Waals surface area contributed by atoms with Crippen molar-refractivity contribution in [3.05, 3.63) is 29.6 Å². The van der Waals surface area contributed by atoms with Gasteiger partial charge in [-0.15, -0.1) is 0 Å². The Morgan fingerprint density at radius 2 is 2.17 bits per heavy atom. The SMILES string of the molecule is CCCNCc1cccc(F)c1OCCSCC. The predicted octanol–water partition coefficient (Wildman–Crippen LogP) is 3.46. The van der Waals surface area contributed by atoms with E-state index in [9.17, 15) is 4.39 Å². The largest absolute Gasteiger partial charge is 0.489 e. The molecular weight excluding hydrogens is 249 g/mol. The number of hydrogen-bond acceptors (Lipinski definition) is 3. The van der Waals surface area contributed by atoms with Crippen LogP contribution in [0.5, 0.6) is 5.75 Å². The van der Waals surface area contributed by atoms with Crippen molar-refractivity contribution in [3.8, 4) is 5.75 Å². The summed E-state index contributed by atoms with van der Waals surface area (Å²) in [5.74, 6) is 2.09. The Labute approximate surface area is 113 Å². The lowest BCUT2D eigenvalue weighted by molar-refractivity contribution is 0.320. The van der Waals surface area contributed by atoms with E-state index in [0.29, 0.717) is 18.9 Å². The van der Waals surface area contributed by atoms with E-state index in [4.69, 9.17) is 4.74 Å². The molecule has 0 radical (unpaired) electrons.